The molecule has 150 valence electrons. The van der Waals surface area contributed by atoms with E-state index in [1.807, 2.05) is 13.0 Å². The molecule has 0 aliphatic heterocycles. The van der Waals surface area contributed by atoms with E-state index < -0.39 is 5.97 Å². The van der Waals surface area contributed by atoms with Gasteiger partial charge in [0.15, 0.2) is 12.3 Å². The number of pyridine rings is 1. The Labute approximate surface area is 172 Å². The number of aromatic nitrogens is 1. The standard InChI is InChI=1S/C21H19ClN2O5/c1-12-4-5-13(8-16(12)22)23-20(25)11-29-19-10-18(21(26)28-3)24-17-7-6-14(27-2)9-15(17)19/h4-10H,11H2,1-3H3,(H,23,25). The van der Waals surface area contributed by atoms with Crippen LogP contribution in [-0.2, 0) is 9.53 Å². The highest BCUT2D eigenvalue weighted by Gasteiger charge is 2.15. The van der Waals surface area contributed by atoms with Gasteiger partial charge in [0, 0.05) is 22.2 Å². The summed E-state index contributed by atoms with van der Waals surface area (Å²) < 4.78 is 15.7. The zero-order valence-corrected chi connectivity index (χ0v) is 16.9. The maximum atomic E-state index is 12.3. The normalized spacial score (nSPS) is 10.5. The maximum Gasteiger partial charge on any atom is 0.356 e. The zero-order chi connectivity index (χ0) is 21.0. The molecule has 0 aliphatic rings. The van der Waals surface area contributed by atoms with Crippen LogP contribution in [0.25, 0.3) is 10.9 Å². The predicted molar refractivity (Wildman–Crippen MR) is 110 cm³/mol. The summed E-state index contributed by atoms with van der Waals surface area (Å²) in [6.45, 7) is 1.60. The lowest BCUT2D eigenvalue weighted by Crippen LogP contribution is -2.20. The molecule has 0 saturated carbocycles. The lowest BCUT2D eigenvalue weighted by molar-refractivity contribution is -0.118. The Kier molecular flexibility index (Phi) is 6.19. The van der Waals surface area contributed by atoms with Crippen LogP contribution in [0.4, 0.5) is 5.69 Å². The molecule has 0 atom stereocenters. The first kappa shape index (κ1) is 20.4. The summed E-state index contributed by atoms with van der Waals surface area (Å²) in [5.74, 6) is -0.0798. The molecule has 3 aromatic rings. The van der Waals surface area contributed by atoms with E-state index in [4.69, 9.17) is 25.8 Å². The van der Waals surface area contributed by atoms with E-state index >= 15 is 0 Å². The minimum atomic E-state index is -0.605. The number of hydrogen-bond acceptors (Lipinski definition) is 6. The van der Waals surface area contributed by atoms with Gasteiger partial charge in [-0.2, -0.15) is 0 Å². The topological polar surface area (TPSA) is 86.8 Å². The van der Waals surface area contributed by atoms with Crippen molar-refractivity contribution in [1.82, 2.24) is 4.98 Å². The molecule has 1 N–H and O–H groups in total. The van der Waals surface area contributed by atoms with Gasteiger partial charge >= 0.3 is 5.97 Å². The Hall–Kier alpha value is -3.32. The van der Waals surface area contributed by atoms with Gasteiger partial charge in [0.05, 0.1) is 19.7 Å². The van der Waals surface area contributed by atoms with Gasteiger partial charge in [-0.1, -0.05) is 17.7 Å². The van der Waals surface area contributed by atoms with E-state index in [2.05, 4.69) is 10.3 Å². The van der Waals surface area contributed by atoms with E-state index in [0.29, 0.717) is 33.1 Å². The van der Waals surface area contributed by atoms with E-state index in [-0.39, 0.29) is 18.2 Å². The minimum absolute atomic E-state index is 0.0749. The molecule has 1 aromatic heterocycles. The maximum absolute atomic E-state index is 12.3. The molecule has 0 radical (unpaired) electrons. The van der Waals surface area contributed by atoms with Gasteiger partial charge in [0.1, 0.15) is 11.5 Å². The SMILES string of the molecule is COC(=O)c1cc(OCC(=O)Nc2ccc(C)c(Cl)c2)c2cc(OC)ccc2n1. The fourth-order valence-electron chi connectivity index (χ4n) is 2.64. The first-order chi connectivity index (χ1) is 13.9. The van der Waals surface area contributed by atoms with Gasteiger partial charge in [-0.15, -0.1) is 0 Å². The molecule has 0 fully saturated rings. The summed E-state index contributed by atoms with van der Waals surface area (Å²) >= 11 is 6.08. The summed E-state index contributed by atoms with van der Waals surface area (Å²) in [5, 5.41) is 3.87. The first-order valence-corrected chi connectivity index (χ1v) is 9.05. The quantitative estimate of drug-likeness (QED) is 0.613. The fraction of sp³-hybridized carbons (Fsp3) is 0.190. The first-order valence-electron chi connectivity index (χ1n) is 8.67. The molecule has 1 heterocycles. The molecule has 0 unspecified atom stereocenters. The van der Waals surface area contributed by atoms with Crippen LogP contribution >= 0.6 is 11.6 Å². The molecule has 0 aliphatic carbocycles. The summed E-state index contributed by atoms with van der Waals surface area (Å²) in [7, 11) is 2.81. The number of nitrogens with zero attached hydrogens (tertiary/aromatic N) is 1. The van der Waals surface area contributed by atoms with Crippen LogP contribution < -0.4 is 14.8 Å². The van der Waals surface area contributed by atoms with Crippen molar-refractivity contribution in [2.75, 3.05) is 26.1 Å². The number of esters is 1. The minimum Gasteiger partial charge on any atom is -0.497 e. The Morgan fingerprint density at radius 2 is 1.90 bits per heavy atom. The van der Waals surface area contributed by atoms with Crippen molar-refractivity contribution in [3.05, 3.63) is 58.7 Å². The predicted octanol–water partition coefficient (Wildman–Crippen LogP) is 4.01. The van der Waals surface area contributed by atoms with Crippen molar-refractivity contribution in [3.63, 3.8) is 0 Å². The van der Waals surface area contributed by atoms with Gasteiger partial charge in [-0.25, -0.2) is 9.78 Å². The number of fused-ring (bicyclic) bond motifs is 1. The number of anilines is 1. The van der Waals surface area contributed by atoms with Crippen LogP contribution in [0.5, 0.6) is 11.5 Å². The van der Waals surface area contributed by atoms with Crippen molar-refractivity contribution >= 4 is 40.1 Å². The lowest BCUT2D eigenvalue weighted by Gasteiger charge is -2.12. The molecule has 0 spiro atoms. The van der Waals surface area contributed by atoms with E-state index in [9.17, 15) is 9.59 Å². The average Bonchev–Trinajstić information content (AvgIpc) is 2.73. The number of carbonyl (C=O) groups is 2. The summed E-state index contributed by atoms with van der Waals surface area (Å²) in [5.41, 5.74) is 2.06. The number of nitrogens with one attached hydrogen (secondary N) is 1. The summed E-state index contributed by atoms with van der Waals surface area (Å²) in [4.78, 5) is 28.5. The molecular formula is C21H19ClN2O5. The molecule has 7 nitrogen and oxygen atoms in total. The summed E-state index contributed by atoms with van der Waals surface area (Å²) in [6.07, 6.45) is 0. The third-order valence-electron chi connectivity index (χ3n) is 4.19. The van der Waals surface area contributed by atoms with Crippen molar-refractivity contribution in [3.8, 4) is 11.5 Å². The second kappa shape index (κ2) is 8.79. The van der Waals surface area contributed by atoms with Crippen LogP contribution in [0, 0.1) is 6.92 Å². The number of halogens is 1. The highest BCUT2D eigenvalue weighted by atomic mass is 35.5. The Morgan fingerprint density at radius 1 is 1.10 bits per heavy atom. The van der Waals surface area contributed by atoms with Crippen LogP contribution in [0.1, 0.15) is 16.1 Å². The van der Waals surface area contributed by atoms with Gasteiger partial charge in [0.2, 0.25) is 0 Å². The number of benzene rings is 2. The molecule has 0 bridgehead atoms. The molecule has 8 heteroatoms. The number of methoxy groups -OCH3 is 2. The van der Waals surface area contributed by atoms with Crippen molar-refractivity contribution in [1.29, 1.82) is 0 Å². The monoisotopic (exact) mass is 414 g/mol. The molecule has 2 aromatic carbocycles. The number of aryl methyl sites for hydroxylation is 1. The van der Waals surface area contributed by atoms with Crippen LogP contribution in [0.2, 0.25) is 5.02 Å². The fourth-order valence-corrected chi connectivity index (χ4v) is 2.82. The Balaban J connectivity index is 1.84. The van der Waals surface area contributed by atoms with E-state index in [1.54, 1.807) is 30.3 Å². The molecular weight excluding hydrogens is 396 g/mol. The number of hydrogen-bond donors (Lipinski definition) is 1. The lowest BCUT2D eigenvalue weighted by atomic mass is 10.1. The zero-order valence-electron chi connectivity index (χ0n) is 16.1. The number of rotatable bonds is 6. The molecule has 1 amide bonds. The molecule has 0 saturated heterocycles. The van der Waals surface area contributed by atoms with Crippen LogP contribution in [0.3, 0.4) is 0 Å². The smallest absolute Gasteiger partial charge is 0.356 e. The van der Waals surface area contributed by atoms with E-state index in [0.717, 1.165) is 5.56 Å². The second-order valence-corrected chi connectivity index (χ2v) is 6.59. The van der Waals surface area contributed by atoms with Crippen molar-refractivity contribution in [2.45, 2.75) is 6.92 Å². The summed E-state index contributed by atoms with van der Waals surface area (Å²) in [6, 6.07) is 11.8. The third-order valence-corrected chi connectivity index (χ3v) is 4.59. The van der Waals surface area contributed by atoms with Crippen LogP contribution in [-0.4, -0.2) is 37.7 Å². The number of ether oxygens (including phenoxy) is 3. The molecule has 3 rings (SSSR count). The largest absolute Gasteiger partial charge is 0.497 e. The molecule has 29 heavy (non-hydrogen) atoms. The van der Waals surface area contributed by atoms with E-state index in [1.165, 1.54) is 20.3 Å². The Morgan fingerprint density at radius 3 is 2.59 bits per heavy atom. The van der Waals surface area contributed by atoms with Gasteiger partial charge in [-0.05, 0) is 42.8 Å². The van der Waals surface area contributed by atoms with Gasteiger partial charge < -0.3 is 19.5 Å². The van der Waals surface area contributed by atoms with Gasteiger partial charge in [-0.3, -0.25) is 4.79 Å². The highest BCUT2D eigenvalue weighted by molar-refractivity contribution is 6.31. The van der Waals surface area contributed by atoms with Crippen molar-refractivity contribution in [2.24, 2.45) is 0 Å². The number of carbonyl (C=O) groups excluding carboxylic acids is 2. The average molecular weight is 415 g/mol. The second-order valence-electron chi connectivity index (χ2n) is 6.18. The number of amides is 1. The van der Waals surface area contributed by atoms with Crippen LogP contribution in [0.15, 0.2) is 42.5 Å². The van der Waals surface area contributed by atoms with Gasteiger partial charge in [0.25, 0.3) is 5.91 Å². The van der Waals surface area contributed by atoms with Crippen molar-refractivity contribution < 1.29 is 23.8 Å². The Bertz CT molecular complexity index is 1080. The highest BCUT2D eigenvalue weighted by Crippen LogP contribution is 2.29. The third kappa shape index (κ3) is 4.75.